The molecule has 0 saturated carbocycles. The van der Waals surface area contributed by atoms with Crippen molar-refractivity contribution >= 4 is 32.9 Å². The zero-order valence-corrected chi connectivity index (χ0v) is 11.7. The molecule has 0 aromatic heterocycles. The smallest absolute Gasteiger partial charge is 0.0208 e. The van der Waals surface area contributed by atoms with Gasteiger partial charge in [-0.1, -0.05) is 40.2 Å². The van der Waals surface area contributed by atoms with Gasteiger partial charge in [-0.3, -0.25) is 0 Å². The van der Waals surface area contributed by atoms with Crippen molar-refractivity contribution in [3.05, 3.63) is 35.4 Å². The molecule has 0 bridgehead atoms. The first-order valence-electron chi connectivity index (χ1n) is 4.66. The zero-order chi connectivity index (χ0) is 9.52. The number of alkyl halides is 1. The van der Waals surface area contributed by atoms with Crippen molar-refractivity contribution in [1.82, 2.24) is 5.32 Å². The fourth-order valence-corrected chi connectivity index (χ4v) is 1.50. The van der Waals surface area contributed by atoms with Gasteiger partial charge in [-0.2, -0.15) is 0 Å². The molecule has 1 aromatic rings. The highest BCUT2D eigenvalue weighted by Gasteiger charge is 1.94. The summed E-state index contributed by atoms with van der Waals surface area (Å²) in [6.45, 7) is 4.22. The van der Waals surface area contributed by atoms with Crippen molar-refractivity contribution in [3.8, 4) is 0 Å². The van der Waals surface area contributed by atoms with Gasteiger partial charge in [0, 0.05) is 11.9 Å². The minimum atomic E-state index is 0. The molecule has 0 spiro atoms. The molecule has 0 fully saturated rings. The van der Waals surface area contributed by atoms with E-state index in [2.05, 4.69) is 52.4 Å². The van der Waals surface area contributed by atoms with Crippen molar-refractivity contribution < 1.29 is 0 Å². The average molecular weight is 323 g/mol. The lowest BCUT2D eigenvalue weighted by Gasteiger charge is -2.06. The lowest BCUT2D eigenvalue weighted by atomic mass is 10.1. The minimum Gasteiger partial charge on any atom is -0.313 e. The molecule has 0 unspecified atom stereocenters. The van der Waals surface area contributed by atoms with Crippen molar-refractivity contribution in [2.24, 2.45) is 0 Å². The third-order valence-corrected chi connectivity index (χ3v) is 2.62. The molecule has 0 aliphatic heterocycles. The molecule has 1 nitrogen and oxygen atoms in total. The summed E-state index contributed by atoms with van der Waals surface area (Å²) in [6.07, 6.45) is 1.19. The predicted molar refractivity (Wildman–Crippen MR) is 71.6 cm³/mol. The van der Waals surface area contributed by atoms with Crippen LogP contribution in [0.15, 0.2) is 24.3 Å². The maximum Gasteiger partial charge on any atom is 0.0208 e. The highest BCUT2D eigenvalue weighted by Crippen LogP contribution is 2.05. The van der Waals surface area contributed by atoms with E-state index in [9.17, 15) is 0 Å². The predicted octanol–water partition coefficient (Wildman–Crippen LogP) is 3.45. The Morgan fingerprint density at radius 3 is 2.64 bits per heavy atom. The van der Waals surface area contributed by atoms with Gasteiger partial charge >= 0.3 is 0 Å². The summed E-state index contributed by atoms with van der Waals surface area (Å²) in [5.74, 6) is 0. The quantitative estimate of drug-likeness (QED) is 0.646. The molecule has 0 radical (unpaired) electrons. The van der Waals surface area contributed by atoms with Crippen LogP contribution in [0.5, 0.6) is 0 Å². The fourth-order valence-electron chi connectivity index (χ4n) is 1.22. The fraction of sp³-hybridized carbons (Fsp3) is 0.455. The zero-order valence-electron chi connectivity index (χ0n) is 8.42. The molecule has 0 amide bonds. The van der Waals surface area contributed by atoms with E-state index < -0.39 is 0 Å². The summed E-state index contributed by atoms with van der Waals surface area (Å²) in [6, 6.07) is 8.50. The van der Waals surface area contributed by atoms with Gasteiger partial charge in [0.15, 0.2) is 0 Å². The van der Waals surface area contributed by atoms with Gasteiger partial charge in [0.1, 0.15) is 0 Å². The first-order valence-corrected chi connectivity index (χ1v) is 5.78. The summed E-state index contributed by atoms with van der Waals surface area (Å²) in [5.41, 5.74) is 2.77. The highest BCUT2D eigenvalue weighted by atomic mass is 79.9. The number of hydrogen-bond acceptors (Lipinski definition) is 1. The Morgan fingerprint density at radius 1 is 1.29 bits per heavy atom. The molecule has 3 heteroatoms. The van der Waals surface area contributed by atoms with Crippen LogP contribution in [-0.2, 0) is 6.54 Å². The molecule has 0 saturated heterocycles. The standard InChI is InChI=1S/C11H16BrN.BrH/c1-10-5-2-3-6-11(10)9-13-8-4-7-12;/h2-3,5-6,13H,4,7-9H2,1H3;1H. The van der Waals surface area contributed by atoms with Crippen molar-refractivity contribution in [1.29, 1.82) is 0 Å². The van der Waals surface area contributed by atoms with Gasteiger partial charge in [0.05, 0.1) is 0 Å². The Labute approximate surface area is 105 Å². The Morgan fingerprint density at radius 2 is 2.00 bits per heavy atom. The molecule has 0 atom stereocenters. The Hall–Kier alpha value is 0.140. The van der Waals surface area contributed by atoms with Crippen molar-refractivity contribution in [2.45, 2.75) is 19.9 Å². The van der Waals surface area contributed by atoms with E-state index in [0.717, 1.165) is 18.4 Å². The maximum atomic E-state index is 3.41. The van der Waals surface area contributed by atoms with Crippen molar-refractivity contribution in [3.63, 3.8) is 0 Å². The summed E-state index contributed by atoms with van der Waals surface area (Å²) < 4.78 is 0. The minimum absolute atomic E-state index is 0. The van der Waals surface area contributed by atoms with Crippen LogP contribution in [0.4, 0.5) is 0 Å². The number of nitrogens with one attached hydrogen (secondary N) is 1. The summed E-state index contributed by atoms with van der Waals surface area (Å²) >= 11 is 3.41. The number of benzene rings is 1. The van der Waals surface area contributed by atoms with E-state index >= 15 is 0 Å². The normalized spacial score (nSPS) is 9.57. The lowest BCUT2D eigenvalue weighted by molar-refractivity contribution is 0.678. The molecule has 80 valence electrons. The van der Waals surface area contributed by atoms with Crippen LogP contribution in [0, 0.1) is 6.92 Å². The molecule has 1 aromatic carbocycles. The van der Waals surface area contributed by atoms with Crippen LogP contribution in [-0.4, -0.2) is 11.9 Å². The molecular formula is C11H17Br2N. The lowest BCUT2D eigenvalue weighted by Crippen LogP contribution is -2.15. The van der Waals surface area contributed by atoms with Gasteiger partial charge in [-0.05, 0) is 31.0 Å². The second-order valence-electron chi connectivity index (χ2n) is 3.15. The summed E-state index contributed by atoms with van der Waals surface area (Å²) in [4.78, 5) is 0. The molecule has 0 aliphatic carbocycles. The topological polar surface area (TPSA) is 12.0 Å². The van der Waals surface area contributed by atoms with Crippen LogP contribution >= 0.6 is 32.9 Å². The largest absolute Gasteiger partial charge is 0.313 e. The third kappa shape index (κ3) is 5.13. The van der Waals surface area contributed by atoms with E-state index in [-0.39, 0.29) is 17.0 Å². The van der Waals surface area contributed by atoms with Crippen molar-refractivity contribution in [2.75, 3.05) is 11.9 Å². The first-order chi connectivity index (χ1) is 6.34. The van der Waals surface area contributed by atoms with Crippen LogP contribution in [0.2, 0.25) is 0 Å². The van der Waals surface area contributed by atoms with Gasteiger partial charge in [0.2, 0.25) is 0 Å². The third-order valence-electron chi connectivity index (χ3n) is 2.06. The van der Waals surface area contributed by atoms with Gasteiger partial charge < -0.3 is 5.32 Å². The van der Waals surface area contributed by atoms with Gasteiger partial charge in [-0.15, -0.1) is 17.0 Å². The van der Waals surface area contributed by atoms with Crippen LogP contribution in [0.1, 0.15) is 17.5 Å². The Bertz CT molecular complexity index is 251. The Balaban J connectivity index is 0.00000169. The molecule has 0 heterocycles. The second kappa shape index (κ2) is 8.45. The molecule has 0 aliphatic rings. The molecule has 14 heavy (non-hydrogen) atoms. The van der Waals surface area contributed by atoms with E-state index in [1.807, 2.05) is 0 Å². The maximum absolute atomic E-state index is 3.41. The van der Waals surface area contributed by atoms with Crippen LogP contribution in [0.3, 0.4) is 0 Å². The van der Waals surface area contributed by atoms with Crippen LogP contribution in [0.25, 0.3) is 0 Å². The monoisotopic (exact) mass is 321 g/mol. The molecule has 1 rings (SSSR count). The highest BCUT2D eigenvalue weighted by molar-refractivity contribution is 9.09. The van der Waals surface area contributed by atoms with Gasteiger partial charge in [-0.25, -0.2) is 0 Å². The SMILES string of the molecule is Br.Cc1ccccc1CNCCCBr. The summed E-state index contributed by atoms with van der Waals surface area (Å²) in [7, 11) is 0. The molecular weight excluding hydrogens is 306 g/mol. The van der Waals surface area contributed by atoms with E-state index in [1.165, 1.54) is 17.5 Å². The number of rotatable bonds is 5. The Kier molecular flexibility index (Phi) is 8.53. The van der Waals surface area contributed by atoms with Crippen LogP contribution < -0.4 is 5.32 Å². The molecule has 1 N–H and O–H groups in total. The second-order valence-corrected chi connectivity index (χ2v) is 3.94. The average Bonchev–Trinajstić information content (AvgIpc) is 2.15. The summed E-state index contributed by atoms with van der Waals surface area (Å²) in [5, 5.41) is 4.49. The number of hydrogen-bond donors (Lipinski definition) is 1. The number of halogens is 2. The van der Waals surface area contributed by atoms with Gasteiger partial charge in [0.25, 0.3) is 0 Å². The van der Waals surface area contributed by atoms with E-state index in [1.54, 1.807) is 0 Å². The van der Waals surface area contributed by atoms with E-state index in [0.29, 0.717) is 0 Å². The van der Waals surface area contributed by atoms with E-state index in [4.69, 9.17) is 0 Å². The first kappa shape index (κ1) is 14.1. The number of aryl methyl sites for hydroxylation is 1.